The summed E-state index contributed by atoms with van der Waals surface area (Å²) in [5.74, 6) is -0.411. The van der Waals surface area contributed by atoms with Crippen molar-refractivity contribution in [3.05, 3.63) is 59.9 Å². The predicted octanol–water partition coefficient (Wildman–Crippen LogP) is 2.87. The Balaban J connectivity index is 2.04. The summed E-state index contributed by atoms with van der Waals surface area (Å²) in [5, 5.41) is 2.73. The van der Waals surface area contributed by atoms with Gasteiger partial charge in [0.1, 0.15) is 24.2 Å². The molecule has 0 saturated heterocycles. The number of sulfonamides is 1. The third-order valence-corrected chi connectivity index (χ3v) is 5.30. The molecule has 1 amide bonds. The SMILES string of the molecule is Cc1ccc(OC[C@H](C)NC(=O)[C@@H](C)N(c2cccc(F)c2)S(C)(=O)=O)cc1. The van der Waals surface area contributed by atoms with Crippen LogP contribution in [0.4, 0.5) is 10.1 Å². The number of rotatable bonds is 8. The van der Waals surface area contributed by atoms with Gasteiger partial charge in [0.25, 0.3) is 0 Å². The first kappa shape index (κ1) is 21.7. The van der Waals surface area contributed by atoms with E-state index in [2.05, 4.69) is 5.32 Å². The third-order valence-electron chi connectivity index (χ3n) is 4.06. The fourth-order valence-corrected chi connectivity index (χ4v) is 3.85. The van der Waals surface area contributed by atoms with Crippen molar-refractivity contribution >= 4 is 21.6 Å². The second-order valence-electron chi connectivity index (χ2n) is 6.75. The molecular weight excluding hydrogens is 383 g/mol. The van der Waals surface area contributed by atoms with Gasteiger partial charge in [-0.05, 0) is 51.1 Å². The lowest BCUT2D eigenvalue weighted by Gasteiger charge is -2.29. The van der Waals surface area contributed by atoms with Crippen LogP contribution in [0, 0.1) is 12.7 Å². The summed E-state index contributed by atoms with van der Waals surface area (Å²) in [4.78, 5) is 12.6. The van der Waals surface area contributed by atoms with Crippen LogP contribution >= 0.6 is 0 Å². The van der Waals surface area contributed by atoms with Crippen LogP contribution in [0.15, 0.2) is 48.5 Å². The summed E-state index contributed by atoms with van der Waals surface area (Å²) in [7, 11) is -3.80. The zero-order valence-corrected chi connectivity index (χ0v) is 17.2. The molecule has 0 aliphatic heterocycles. The van der Waals surface area contributed by atoms with Crippen molar-refractivity contribution in [2.45, 2.75) is 32.9 Å². The first-order valence-electron chi connectivity index (χ1n) is 8.82. The Hall–Kier alpha value is -2.61. The van der Waals surface area contributed by atoms with Crippen molar-refractivity contribution in [1.29, 1.82) is 0 Å². The van der Waals surface area contributed by atoms with E-state index in [1.807, 2.05) is 31.2 Å². The summed E-state index contributed by atoms with van der Waals surface area (Å²) in [5.41, 5.74) is 1.20. The Morgan fingerprint density at radius 2 is 1.82 bits per heavy atom. The van der Waals surface area contributed by atoms with Gasteiger partial charge in [0, 0.05) is 0 Å². The van der Waals surface area contributed by atoms with Gasteiger partial charge >= 0.3 is 0 Å². The monoisotopic (exact) mass is 408 g/mol. The molecule has 0 aliphatic carbocycles. The Labute approximate surface area is 165 Å². The highest BCUT2D eigenvalue weighted by Crippen LogP contribution is 2.21. The fraction of sp³-hybridized carbons (Fsp3) is 0.350. The lowest BCUT2D eigenvalue weighted by atomic mass is 10.2. The van der Waals surface area contributed by atoms with Crippen LogP contribution in [0.5, 0.6) is 5.75 Å². The van der Waals surface area contributed by atoms with Gasteiger partial charge < -0.3 is 10.1 Å². The smallest absolute Gasteiger partial charge is 0.243 e. The molecule has 0 fully saturated rings. The highest BCUT2D eigenvalue weighted by molar-refractivity contribution is 7.92. The van der Waals surface area contributed by atoms with Gasteiger partial charge in [-0.2, -0.15) is 0 Å². The summed E-state index contributed by atoms with van der Waals surface area (Å²) in [6.07, 6.45) is 0.978. The molecular formula is C20H25FN2O4S. The Morgan fingerprint density at radius 3 is 2.39 bits per heavy atom. The van der Waals surface area contributed by atoms with Crippen molar-refractivity contribution in [1.82, 2.24) is 5.32 Å². The van der Waals surface area contributed by atoms with Crippen LogP contribution in [-0.4, -0.2) is 39.3 Å². The minimum Gasteiger partial charge on any atom is -0.491 e. The number of hydrogen-bond donors (Lipinski definition) is 1. The number of halogens is 1. The number of hydrogen-bond acceptors (Lipinski definition) is 4. The van der Waals surface area contributed by atoms with E-state index in [-0.39, 0.29) is 18.3 Å². The van der Waals surface area contributed by atoms with E-state index in [1.54, 1.807) is 6.92 Å². The highest BCUT2D eigenvalue weighted by Gasteiger charge is 2.30. The predicted molar refractivity (Wildman–Crippen MR) is 107 cm³/mol. The topological polar surface area (TPSA) is 75.7 Å². The maximum absolute atomic E-state index is 13.5. The van der Waals surface area contributed by atoms with Gasteiger partial charge in [0.2, 0.25) is 15.9 Å². The van der Waals surface area contributed by atoms with Crippen molar-refractivity contribution in [3.8, 4) is 5.75 Å². The molecule has 0 unspecified atom stereocenters. The van der Waals surface area contributed by atoms with Crippen molar-refractivity contribution < 1.29 is 22.3 Å². The van der Waals surface area contributed by atoms with E-state index >= 15 is 0 Å². The molecule has 2 aromatic rings. The van der Waals surface area contributed by atoms with E-state index < -0.39 is 27.8 Å². The molecule has 0 radical (unpaired) electrons. The van der Waals surface area contributed by atoms with Gasteiger partial charge in [0.05, 0.1) is 18.0 Å². The molecule has 0 aromatic heterocycles. The number of carbonyl (C=O) groups is 1. The number of ether oxygens (including phenoxy) is 1. The quantitative estimate of drug-likeness (QED) is 0.729. The average Bonchev–Trinajstić information content (AvgIpc) is 2.60. The lowest BCUT2D eigenvalue weighted by molar-refractivity contribution is -0.122. The van der Waals surface area contributed by atoms with Gasteiger partial charge in [-0.25, -0.2) is 12.8 Å². The minimum atomic E-state index is -3.80. The van der Waals surface area contributed by atoms with Crippen LogP contribution in [0.3, 0.4) is 0 Å². The van der Waals surface area contributed by atoms with E-state index in [0.717, 1.165) is 22.2 Å². The number of anilines is 1. The average molecular weight is 408 g/mol. The zero-order valence-electron chi connectivity index (χ0n) is 16.3. The lowest BCUT2D eigenvalue weighted by Crippen LogP contribution is -2.50. The number of amides is 1. The van der Waals surface area contributed by atoms with Gasteiger partial charge in [-0.15, -0.1) is 0 Å². The van der Waals surface area contributed by atoms with Crippen LogP contribution in [0.1, 0.15) is 19.4 Å². The Kier molecular flexibility index (Phi) is 7.01. The molecule has 6 nitrogen and oxygen atoms in total. The fourth-order valence-electron chi connectivity index (χ4n) is 2.68. The molecule has 0 saturated carbocycles. The zero-order chi connectivity index (χ0) is 20.9. The maximum atomic E-state index is 13.5. The summed E-state index contributed by atoms with van der Waals surface area (Å²) in [6.45, 7) is 5.40. The van der Waals surface area contributed by atoms with Gasteiger partial charge in [0.15, 0.2) is 0 Å². The van der Waals surface area contributed by atoms with E-state index in [4.69, 9.17) is 4.74 Å². The Bertz CT molecular complexity index is 916. The van der Waals surface area contributed by atoms with Crippen LogP contribution < -0.4 is 14.4 Å². The third kappa shape index (κ3) is 5.95. The number of carbonyl (C=O) groups excluding carboxylic acids is 1. The largest absolute Gasteiger partial charge is 0.491 e. The standard InChI is InChI=1S/C20H25FN2O4S/c1-14-8-10-19(11-9-14)27-13-15(2)22-20(24)16(3)23(28(4,25)26)18-7-5-6-17(21)12-18/h5-12,15-16H,13H2,1-4H3,(H,22,24)/t15-,16+/m0/s1. The van der Waals surface area contributed by atoms with Crippen LogP contribution in [0.2, 0.25) is 0 Å². The summed E-state index contributed by atoms with van der Waals surface area (Å²) in [6, 6.07) is 11.2. The molecule has 0 aliphatic rings. The Morgan fingerprint density at radius 1 is 1.18 bits per heavy atom. The molecule has 1 N–H and O–H groups in total. The van der Waals surface area contributed by atoms with Crippen molar-refractivity contribution in [3.63, 3.8) is 0 Å². The number of benzene rings is 2. The summed E-state index contributed by atoms with van der Waals surface area (Å²) >= 11 is 0. The second-order valence-corrected chi connectivity index (χ2v) is 8.61. The molecule has 2 atom stereocenters. The minimum absolute atomic E-state index is 0.0914. The molecule has 2 aromatic carbocycles. The molecule has 0 spiro atoms. The summed E-state index contributed by atoms with van der Waals surface area (Å²) < 4.78 is 44.5. The molecule has 2 rings (SSSR count). The molecule has 28 heavy (non-hydrogen) atoms. The van der Waals surface area contributed by atoms with Gasteiger partial charge in [-0.1, -0.05) is 23.8 Å². The first-order chi connectivity index (χ1) is 13.1. The molecule has 152 valence electrons. The van der Waals surface area contributed by atoms with E-state index in [0.29, 0.717) is 5.75 Å². The van der Waals surface area contributed by atoms with E-state index in [1.165, 1.54) is 25.1 Å². The second kappa shape index (κ2) is 9.05. The number of nitrogens with zero attached hydrogens (tertiary/aromatic N) is 1. The van der Waals surface area contributed by atoms with Crippen molar-refractivity contribution in [2.24, 2.45) is 0 Å². The first-order valence-corrected chi connectivity index (χ1v) is 10.7. The van der Waals surface area contributed by atoms with Gasteiger partial charge in [-0.3, -0.25) is 9.10 Å². The molecule has 8 heteroatoms. The molecule has 0 bridgehead atoms. The number of aryl methyl sites for hydroxylation is 1. The molecule has 0 heterocycles. The maximum Gasteiger partial charge on any atom is 0.243 e. The van der Waals surface area contributed by atoms with E-state index in [9.17, 15) is 17.6 Å². The van der Waals surface area contributed by atoms with Crippen LogP contribution in [0.25, 0.3) is 0 Å². The number of nitrogens with one attached hydrogen (secondary N) is 1. The van der Waals surface area contributed by atoms with Crippen LogP contribution in [-0.2, 0) is 14.8 Å². The highest BCUT2D eigenvalue weighted by atomic mass is 32.2. The normalized spacial score (nSPS) is 13.5. The van der Waals surface area contributed by atoms with Crippen molar-refractivity contribution in [2.75, 3.05) is 17.2 Å².